The van der Waals surface area contributed by atoms with Crippen molar-refractivity contribution in [2.45, 2.75) is 38.5 Å². The Labute approximate surface area is 345 Å². The van der Waals surface area contributed by atoms with Crippen molar-refractivity contribution in [3.63, 3.8) is 0 Å². The highest BCUT2D eigenvalue weighted by molar-refractivity contribution is 6.31. The molecular weight excluding hydrogens is 711 g/mol. The smallest absolute Gasteiger partial charge is 0.0547 e. The van der Waals surface area contributed by atoms with E-state index in [1.54, 1.807) is 0 Å². The van der Waals surface area contributed by atoms with Crippen molar-refractivity contribution in [3.8, 4) is 33.4 Å². The predicted octanol–water partition coefficient (Wildman–Crippen LogP) is 16.0. The van der Waals surface area contributed by atoms with Gasteiger partial charge in [0.2, 0.25) is 0 Å². The first-order chi connectivity index (χ1) is 28.8. The minimum Gasteiger partial charge on any atom is -0.309 e. The van der Waals surface area contributed by atoms with Gasteiger partial charge in [-0.3, -0.25) is 0 Å². The summed E-state index contributed by atoms with van der Waals surface area (Å²) in [5, 5.41) is 10.1. The van der Waals surface area contributed by atoms with E-state index < -0.39 is 0 Å². The molecule has 0 fully saturated rings. The van der Waals surface area contributed by atoms with E-state index in [0.29, 0.717) is 0 Å². The molecule has 0 spiro atoms. The fraction of sp³-hybridized carbons (Fsp3) is 0.103. The summed E-state index contributed by atoms with van der Waals surface area (Å²) in [6.45, 7) is 9.55. The van der Waals surface area contributed by atoms with Crippen LogP contribution in [0.4, 0.5) is 17.1 Å². The quantitative estimate of drug-likeness (QED) is 0.162. The first-order valence-corrected chi connectivity index (χ1v) is 20.9. The van der Waals surface area contributed by atoms with Crippen molar-refractivity contribution < 1.29 is 0 Å². The van der Waals surface area contributed by atoms with Crippen LogP contribution in [0.2, 0.25) is 0 Å². The lowest BCUT2D eigenvalue weighted by atomic mass is 9.82. The molecule has 0 amide bonds. The van der Waals surface area contributed by atoms with Gasteiger partial charge in [-0.25, -0.2) is 0 Å². The Morgan fingerprint density at radius 2 is 0.814 bits per heavy atom. The van der Waals surface area contributed by atoms with Crippen molar-refractivity contribution in [1.82, 2.24) is 0 Å². The lowest BCUT2D eigenvalue weighted by Crippen LogP contribution is -2.18. The number of nitrogens with zero attached hydrogens (tertiary/aromatic N) is 1. The van der Waals surface area contributed by atoms with Gasteiger partial charge in [0.05, 0.1) is 11.4 Å². The highest BCUT2D eigenvalue weighted by Crippen LogP contribution is 2.58. The van der Waals surface area contributed by atoms with Crippen LogP contribution < -0.4 is 4.90 Å². The fourth-order valence-corrected chi connectivity index (χ4v) is 11.0. The summed E-state index contributed by atoms with van der Waals surface area (Å²) in [6, 6.07) is 70.8. The average Bonchev–Trinajstić information content (AvgIpc) is 3.66. The summed E-state index contributed by atoms with van der Waals surface area (Å²) in [6.07, 6.45) is 0. The minimum absolute atomic E-state index is 0.147. The van der Waals surface area contributed by atoms with Crippen LogP contribution in [-0.2, 0) is 10.8 Å². The van der Waals surface area contributed by atoms with Crippen molar-refractivity contribution in [1.29, 1.82) is 0 Å². The summed E-state index contributed by atoms with van der Waals surface area (Å²) >= 11 is 0. The van der Waals surface area contributed by atoms with Gasteiger partial charge in [0.1, 0.15) is 0 Å². The molecule has 10 aromatic rings. The number of hydrogen-bond donors (Lipinski definition) is 0. The van der Waals surface area contributed by atoms with E-state index in [1.807, 2.05) is 0 Å². The van der Waals surface area contributed by atoms with Gasteiger partial charge in [-0.15, -0.1) is 0 Å². The van der Waals surface area contributed by atoms with Gasteiger partial charge < -0.3 is 4.90 Å². The fourth-order valence-electron chi connectivity index (χ4n) is 11.0. The second kappa shape index (κ2) is 12.3. The van der Waals surface area contributed by atoms with Crippen LogP contribution in [-0.4, -0.2) is 0 Å². The van der Waals surface area contributed by atoms with Crippen molar-refractivity contribution in [3.05, 3.63) is 210 Å². The molecule has 0 radical (unpaired) electrons. The molecule has 1 nitrogen and oxygen atoms in total. The van der Waals surface area contributed by atoms with Crippen LogP contribution >= 0.6 is 0 Å². The van der Waals surface area contributed by atoms with Crippen LogP contribution in [0.3, 0.4) is 0 Å². The van der Waals surface area contributed by atoms with Crippen LogP contribution in [0.15, 0.2) is 188 Å². The Hall–Kier alpha value is -6.96. The van der Waals surface area contributed by atoms with Gasteiger partial charge in [0.25, 0.3) is 0 Å². The second-order valence-electron chi connectivity index (χ2n) is 17.6. The van der Waals surface area contributed by atoms with Crippen molar-refractivity contribution in [2.75, 3.05) is 4.90 Å². The maximum absolute atomic E-state index is 2.61. The van der Waals surface area contributed by atoms with E-state index in [1.165, 1.54) is 104 Å². The molecular formula is C58H43N. The van der Waals surface area contributed by atoms with Crippen LogP contribution in [0.1, 0.15) is 49.9 Å². The molecule has 0 aliphatic heterocycles. The summed E-state index contributed by atoms with van der Waals surface area (Å²) < 4.78 is 0. The summed E-state index contributed by atoms with van der Waals surface area (Å²) in [7, 11) is 0. The number of fused-ring (bicyclic) bond motifs is 13. The molecule has 12 rings (SSSR count). The lowest BCUT2D eigenvalue weighted by molar-refractivity contribution is 0.660. The molecule has 2 aliphatic rings. The van der Waals surface area contributed by atoms with E-state index in [9.17, 15) is 0 Å². The molecule has 0 atom stereocenters. The zero-order valence-electron chi connectivity index (χ0n) is 33.8. The Balaban J connectivity index is 1.27. The van der Waals surface area contributed by atoms with Gasteiger partial charge in [-0.05, 0) is 106 Å². The molecule has 280 valence electrons. The molecule has 0 aromatic heterocycles. The summed E-state index contributed by atoms with van der Waals surface area (Å²) in [4.78, 5) is 2.61. The van der Waals surface area contributed by atoms with E-state index in [2.05, 4.69) is 221 Å². The van der Waals surface area contributed by atoms with Gasteiger partial charge in [0, 0.05) is 33.0 Å². The molecule has 59 heavy (non-hydrogen) atoms. The van der Waals surface area contributed by atoms with Crippen LogP contribution in [0.25, 0.3) is 76.5 Å². The second-order valence-corrected chi connectivity index (χ2v) is 17.6. The SMILES string of the molecule is CC1(C)c2ccccc2-c2ccc(N(c3cccc4c3-c3ccccc3C4(C)C)c3ccc4c5ccccc5c5ccccc5c4c3-c3cccc4ccccc34)cc21. The number of hydrogen-bond acceptors (Lipinski definition) is 1. The Morgan fingerprint density at radius 1 is 0.322 bits per heavy atom. The van der Waals surface area contributed by atoms with E-state index in [0.717, 1.165) is 11.4 Å². The average molecular weight is 754 g/mol. The maximum Gasteiger partial charge on any atom is 0.0547 e. The maximum atomic E-state index is 2.61. The van der Waals surface area contributed by atoms with Crippen LogP contribution in [0, 0.1) is 0 Å². The first kappa shape index (κ1) is 34.1. The van der Waals surface area contributed by atoms with E-state index in [-0.39, 0.29) is 10.8 Å². The van der Waals surface area contributed by atoms with E-state index >= 15 is 0 Å². The standard InChI is InChI=1S/C58H43N/c1-57(2)49-28-14-12-25-47(49)55-50(57)29-16-30-52(55)59(37-31-32-43-42-23-11-13-27-48(42)58(3,4)51(43)35-37)53-34-33-46-41-22-8-7-20-39(41)40-21-9-10-24-45(40)54(46)56(53)44-26-15-18-36-17-5-6-19-38(36)44/h5-35H,1-4H3. The molecule has 0 unspecified atom stereocenters. The molecule has 2 aliphatic carbocycles. The molecule has 0 saturated carbocycles. The first-order valence-electron chi connectivity index (χ1n) is 20.9. The normalized spacial score (nSPS) is 14.4. The van der Waals surface area contributed by atoms with Gasteiger partial charge in [-0.1, -0.05) is 191 Å². The third kappa shape index (κ3) is 4.67. The van der Waals surface area contributed by atoms with Crippen LogP contribution in [0.5, 0.6) is 0 Å². The van der Waals surface area contributed by atoms with Gasteiger partial charge >= 0.3 is 0 Å². The molecule has 10 aromatic carbocycles. The minimum atomic E-state index is -0.155. The number of rotatable bonds is 4. The zero-order valence-corrected chi connectivity index (χ0v) is 33.8. The molecule has 0 bridgehead atoms. The molecule has 0 N–H and O–H groups in total. The molecule has 1 heteroatoms. The van der Waals surface area contributed by atoms with Crippen molar-refractivity contribution in [2.24, 2.45) is 0 Å². The Kier molecular flexibility index (Phi) is 7.10. The third-order valence-corrected chi connectivity index (χ3v) is 13.8. The largest absolute Gasteiger partial charge is 0.309 e. The summed E-state index contributed by atoms with van der Waals surface area (Å²) in [5.41, 5.74) is 16.4. The zero-order chi connectivity index (χ0) is 39.6. The number of benzene rings is 10. The molecule has 0 heterocycles. The van der Waals surface area contributed by atoms with Gasteiger partial charge in [-0.2, -0.15) is 0 Å². The monoisotopic (exact) mass is 753 g/mol. The topological polar surface area (TPSA) is 3.24 Å². The lowest BCUT2D eigenvalue weighted by Gasteiger charge is -2.33. The Bertz CT molecular complexity index is 3360. The molecule has 0 saturated heterocycles. The summed E-state index contributed by atoms with van der Waals surface area (Å²) in [5.74, 6) is 0. The van der Waals surface area contributed by atoms with Crippen molar-refractivity contribution >= 4 is 60.2 Å². The number of anilines is 3. The highest BCUT2D eigenvalue weighted by Gasteiger charge is 2.40. The Morgan fingerprint density at radius 3 is 1.58 bits per heavy atom. The van der Waals surface area contributed by atoms with E-state index in [4.69, 9.17) is 0 Å². The van der Waals surface area contributed by atoms with Gasteiger partial charge in [0.15, 0.2) is 0 Å². The highest BCUT2D eigenvalue weighted by atomic mass is 15.1. The third-order valence-electron chi connectivity index (χ3n) is 13.8. The predicted molar refractivity (Wildman–Crippen MR) is 252 cm³/mol.